The van der Waals surface area contributed by atoms with Crippen LogP contribution in [0.2, 0.25) is 0 Å². The second kappa shape index (κ2) is 13.7. The SMILES string of the molecule is COC(=O)c1ccc(COc2ccc(/C=C3/SC(=Nc4ccccc4)N(CCCc4ccccc4)C3=O)cc2OC)o1. The number of methoxy groups -OCH3 is 2. The molecule has 1 saturated heterocycles. The van der Waals surface area contributed by atoms with E-state index < -0.39 is 5.97 Å². The monoisotopic (exact) mass is 582 g/mol. The van der Waals surface area contributed by atoms with E-state index in [0.29, 0.717) is 33.9 Å². The maximum atomic E-state index is 13.6. The molecule has 1 aliphatic heterocycles. The standard InChI is InChI=1S/C33H30N2O6S/c1-38-29-20-24(15-17-27(29)40-22-26-16-18-28(41-26)32(37)39-2)21-30-31(36)35(19-9-12-23-10-5-3-6-11-23)33(42-30)34-25-13-7-4-8-14-25/h3-8,10-11,13-18,20-21H,9,12,19,22H2,1-2H3/b30-21+,34-33?. The average molecular weight is 583 g/mol. The molecule has 3 aromatic carbocycles. The number of hydrogen-bond acceptors (Lipinski definition) is 8. The van der Waals surface area contributed by atoms with E-state index in [1.54, 1.807) is 24.1 Å². The van der Waals surface area contributed by atoms with Gasteiger partial charge in [0.15, 0.2) is 16.7 Å². The number of aryl methyl sites for hydroxylation is 1. The molecule has 5 rings (SSSR count). The van der Waals surface area contributed by atoms with Crippen molar-refractivity contribution in [1.29, 1.82) is 0 Å². The van der Waals surface area contributed by atoms with Gasteiger partial charge in [-0.3, -0.25) is 9.69 Å². The fourth-order valence-electron chi connectivity index (χ4n) is 4.35. The molecule has 1 aromatic heterocycles. The highest BCUT2D eigenvalue weighted by molar-refractivity contribution is 8.18. The van der Waals surface area contributed by atoms with Crippen LogP contribution in [-0.2, 0) is 22.6 Å². The summed E-state index contributed by atoms with van der Waals surface area (Å²) in [5.74, 6) is 0.929. The number of nitrogens with zero attached hydrogens (tertiary/aromatic N) is 2. The van der Waals surface area contributed by atoms with Crippen molar-refractivity contribution in [3.63, 3.8) is 0 Å². The van der Waals surface area contributed by atoms with Gasteiger partial charge >= 0.3 is 5.97 Å². The number of thioether (sulfide) groups is 1. The first kappa shape index (κ1) is 28.8. The Kier molecular flexibility index (Phi) is 9.41. The lowest BCUT2D eigenvalue weighted by Gasteiger charge is -2.15. The van der Waals surface area contributed by atoms with Crippen LogP contribution in [0.25, 0.3) is 6.08 Å². The van der Waals surface area contributed by atoms with Crippen molar-refractivity contribution in [3.8, 4) is 11.5 Å². The molecule has 0 unspecified atom stereocenters. The van der Waals surface area contributed by atoms with Crippen LogP contribution in [0.1, 0.15) is 33.9 Å². The second-order valence-corrected chi connectivity index (χ2v) is 10.4. The van der Waals surface area contributed by atoms with Crippen molar-refractivity contribution >= 4 is 40.6 Å². The zero-order chi connectivity index (χ0) is 29.3. The average Bonchev–Trinajstić information content (AvgIpc) is 3.61. The van der Waals surface area contributed by atoms with Gasteiger partial charge < -0.3 is 18.6 Å². The van der Waals surface area contributed by atoms with Crippen LogP contribution in [0.5, 0.6) is 11.5 Å². The summed E-state index contributed by atoms with van der Waals surface area (Å²) in [5.41, 5.74) is 2.81. The molecule has 1 amide bonds. The van der Waals surface area contributed by atoms with Crippen LogP contribution in [0.15, 0.2) is 105 Å². The summed E-state index contributed by atoms with van der Waals surface area (Å²) >= 11 is 1.36. The predicted molar refractivity (Wildman–Crippen MR) is 163 cm³/mol. The molecule has 0 aliphatic carbocycles. The Morgan fingerprint density at radius 2 is 1.71 bits per heavy atom. The van der Waals surface area contributed by atoms with E-state index in [-0.39, 0.29) is 18.3 Å². The topological polar surface area (TPSA) is 90.6 Å². The van der Waals surface area contributed by atoms with Gasteiger partial charge in [0.25, 0.3) is 5.91 Å². The van der Waals surface area contributed by atoms with E-state index in [0.717, 1.165) is 24.1 Å². The summed E-state index contributed by atoms with van der Waals surface area (Å²) in [6, 6.07) is 28.5. The number of amides is 1. The van der Waals surface area contributed by atoms with Gasteiger partial charge in [-0.2, -0.15) is 0 Å². The lowest BCUT2D eigenvalue weighted by molar-refractivity contribution is -0.122. The third kappa shape index (κ3) is 7.11. The van der Waals surface area contributed by atoms with Crippen LogP contribution in [0.3, 0.4) is 0 Å². The van der Waals surface area contributed by atoms with Crippen molar-refractivity contribution in [1.82, 2.24) is 4.90 Å². The van der Waals surface area contributed by atoms with E-state index in [4.69, 9.17) is 18.9 Å². The number of aliphatic imine (C=N–C) groups is 1. The molecule has 9 heteroatoms. The van der Waals surface area contributed by atoms with Gasteiger partial charge in [-0.25, -0.2) is 9.79 Å². The molecule has 0 spiro atoms. The van der Waals surface area contributed by atoms with Crippen LogP contribution >= 0.6 is 11.8 Å². The number of para-hydroxylation sites is 1. The quantitative estimate of drug-likeness (QED) is 0.140. The summed E-state index contributed by atoms with van der Waals surface area (Å²) < 4.78 is 21.6. The molecule has 42 heavy (non-hydrogen) atoms. The molecule has 1 fully saturated rings. The first-order valence-corrected chi connectivity index (χ1v) is 14.2. The van der Waals surface area contributed by atoms with E-state index in [2.05, 4.69) is 16.9 Å². The third-order valence-electron chi connectivity index (χ3n) is 6.46. The fourth-order valence-corrected chi connectivity index (χ4v) is 5.37. The highest BCUT2D eigenvalue weighted by atomic mass is 32.2. The molecule has 0 bridgehead atoms. The number of carbonyl (C=O) groups is 2. The maximum absolute atomic E-state index is 13.6. The molecule has 0 atom stereocenters. The van der Waals surface area contributed by atoms with Crippen molar-refractivity contribution < 1.29 is 28.2 Å². The van der Waals surface area contributed by atoms with E-state index in [1.165, 1.54) is 30.5 Å². The fraction of sp³-hybridized carbons (Fsp3) is 0.182. The van der Waals surface area contributed by atoms with Crippen molar-refractivity contribution in [2.75, 3.05) is 20.8 Å². The van der Waals surface area contributed by atoms with Crippen LogP contribution in [0.4, 0.5) is 5.69 Å². The number of furan rings is 1. The summed E-state index contributed by atoms with van der Waals surface area (Å²) in [7, 11) is 2.84. The molecular formula is C33H30N2O6S. The molecule has 4 aromatic rings. The van der Waals surface area contributed by atoms with Crippen LogP contribution < -0.4 is 9.47 Å². The van der Waals surface area contributed by atoms with Crippen molar-refractivity contribution in [2.24, 2.45) is 4.99 Å². The summed E-state index contributed by atoms with van der Waals surface area (Å²) in [6.07, 6.45) is 3.52. The number of benzene rings is 3. The van der Waals surface area contributed by atoms with Crippen LogP contribution in [-0.4, -0.2) is 42.7 Å². The Hall–Kier alpha value is -4.76. The predicted octanol–water partition coefficient (Wildman–Crippen LogP) is 6.89. The van der Waals surface area contributed by atoms with Crippen molar-refractivity contribution in [3.05, 3.63) is 119 Å². The Labute approximate surface area is 248 Å². The normalized spacial score (nSPS) is 14.9. The smallest absolute Gasteiger partial charge is 0.373 e. The summed E-state index contributed by atoms with van der Waals surface area (Å²) in [5, 5.41) is 0.655. The lowest BCUT2D eigenvalue weighted by Crippen LogP contribution is -2.30. The van der Waals surface area contributed by atoms with E-state index in [9.17, 15) is 9.59 Å². The van der Waals surface area contributed by atoms with Gasteiger partial charge in [0.1, 0.15) is 12.4 Å². The number of carbonyl (C=O) groups excluding carboxylic acids is 2. The minimum atomic E-state index is -0.553. The Bertz CT molecular complexity index is 1600. The van der Waals surface area contributed by atoms with E-state index in [1.807, 2.05) is 66.7 Å². The zero-order valence-electron chi connectivity index (χ0n) is 23.3. The van der Waals surface area contributed by atoms with E-state index >= 15 is 0 Å². The van der Waals surface area contributed by atoms with Gasteiger partial charge in [-0.05, 0) is 78.2 Å². The highest BCUT2D eigenvalue weighted by Crippen LogP contribution is 2.36. The first-order chi connectivity index (χ1) is 20.5. The molecule has 0 N–H and O–H groups in total. The van der Waals surface area contributed by atoms with Crippen molar-refractivity contribution in [2.45, 2.75) is 19.4 Å². The minimum absolute atomic E-state index is 0.0822. The zero-order valence-corrected chi connectivity index (χ0v) is 24.1. The number of esters is 1. The highest BCUT2D eigenvalue weighted by Gasteiger charge is 2.33. The molecular weight excluding hydrogens is 552 g/mol. The lowest BCUT2D eigenvalue weighted by atomic mass is 10.1. The Morgan fingerprint density at radius 1 is 0.952 bits per heavy atom. The van der Waals surface area contributed by atoms with Gasteiger partial charge in [-0.1, -0.05) is 54.6 Å². The molecule has 0 saturated carbocycles. The number of amidine groups is 1. The molecule has 1 aliphatic rings. The number of hydrogen-bond donors (Lipinski definition) is 0. The summed E-state index contributed by atoms with van der Waals surface area (Å²) in [4.78, 5) is 32.3. The number of ether oxygens (including phenoxy) is 3. The first-order valence-electron chi connectivity index (χ1n) is 13.4. The van der Waals surface area contributed by atoms with Gasteiger partial charge in [0.05, 0.1) is 24.8 Å². The molecule has 2 heterocycles. The van der Waals surface area contributed by atoms with Gasteiger partial charge in [0.2, 0.25) is 5.76 Å². The Morgan fingerprint density at radius 3 is 2.45 bits per heavy atom. The molecule has 214 valence electrons. The summed E-state index contributed by atoms with van der Waals surface area (Å²) in [6.45, 7) is 0.656. The molecule has 0 radical (unpaired) electrons. The third-order valence-corrected chi connectivity index (χ3v) is 7.47. The maximum Gasteiger partial charge on any atom is 0.373 e. The van der Waals surface area contributed by atoms with Crippen LogP contribution in [0, 0.1) is 0 Å². The Balaban J connectivity index is 1.32. The van der Waals surface area contributed by atoms with Gasteiger partial charge in [-0.15, -0.1) is 0 Å². The largest absolute Gasteiger partial charge is 0.493 e. The number of rotatable bonds is 11. The van der Waals surface area contributed by atoms with Gasteiger partial charge in [0, 0.05) is 6.54 Å². The second-order valence-electron chi connectivity index (χ2n) is 9.34. The minimum Gasteiger partial charge on any atom is -0.493 e. The molecule has 8 nitrogen and oxygen atoms in total.